The maximum atomic E-state index is 6.82. The molecule has 4 nitrogen and oxygen atoms in total. The van der Waals surface area contributed by atoms with E-state index in [1.165, 1.54) is 44.5 Å². The van der Waals surface area contributed by atoms with E-state index in [2.05, 4.69) is 265 Å². The molecule has 340 valence electrons. The van der Waals surface area contributed by atoms with Crippen molar-refractivity contribution in [1.29, 1.82) is 0 Å². The molecule has 0 unspecified atom stereocenters. The highest BCUT2D eigenvalue weighted by Crippen LogP contribution is 2.67. The lowest BCUT2D eigenvalue weighted by atomic mass is 9.70. The molecule has 2 aliphatic rings. The van der Waals surface area contributed by atoms with E-state index in [9.17, 15) is 0 Å². The maximum Gasteiger partial charge on any atom is 0.136 e. The zero-order valence-electron chi connectivity index (χ0n) is 39.5. The van der Waals surface area contributed by atoms with Gasteiger partial charge in [-0.1, -0.05) is 158 Å². The van der Waals surface area contributed by atoms with Crippen LogP contribution in [0.2, 0.25) is 0 Å². The number of para-hydroxylation sites is 6. The summed E-state index contributed by atoms with van der Waals surface area (Å²) in [6.45, 7) is 0. The minimum absolute atomic E-state index is 0.747. The van der Waals surface area contributed by atoms with Gasteiger partial charge in [0.1, 0.15) is 22.3 Å². The highest BCUT2D eigenvalue weighted by atomic mass is 16.3. The van der Waals surface area contributed by atoms with Gasteiger partial charge in [0.15, 0.2) is 0 Å². The average molecular weight is 931 g/mol. The maximum absolute atomic E-state index is 6.82. The van der Waals surface area contributed by atoms with Gasteiger partial charge in [-0.05, 0) is 152 Å². The van der Waals surface area contributed by atoms with Gasteiger partial charge < -0.3 is 18.6 Å². The molecule has 2 aromatic heterocycles. The molecule has 2 aliphatic carbocycles. The number of nitrogens with zero attached hydrogens (tertiary/aromatic N) is 2. The first-order chi connectivity index (χ1) is 36.2. The number of fused-ring (bicyclic) bond motifs is 20. The number of hydrogen-bond acceptors (Lipinski definition) is 4. The first-order valence-corrected chi connectivity index (χ1v) is 25.1. The van der Waals surface area contributed by atoms with Crippen molar-refractivity contribution in [3.63, 3.8) is 0 Å². The fourth-order valence-corrected chi connectivity index (χ4v) is 12.9. The molecule has 0 amide bonds. The van der Waals surface area contributed by atoms with Crippen LogP contribution in [-0.4, -0.2) is 0 Å². The second kappa shape index (κ2) is 15.2. The Balaban J connectivity index is 1.16. The van der Waals surface area contributed by atoms with Crippen molar-refractivity contribution in [3.05, 3.63) is 277 Å². The Hall–Kier alpha value is -9.64. The molecule has 2 heterocycles. The third kappa shape index (κ3) is 5.55. The smallest absolute Gasteiger partial charge is 0.136 e. The molecule has 0 saturated heterocycles. The van der Waals surface area contributed by atoms with Crippen LogP contribution in [0.4, 0.5) is 34.1 Å². The van der Waals surface area contributed by atoms with Gasteiger partial charge in [-0.3, -0.25) is 0 Å². The normalized spacial score (nSPS) is 13.0. The molecular weight excluding hydrogens is 889 g/mol. The Bertz CT molecular complexity index is 4180. The highest BCUT2D eigenvalue weighted by molar-refractivity contribution is 6.24. The van der Waals surface area contributed by atoms with Crippen LogP contribution >= 0.6 is 0 Å². The summed E-state index contributed by atoms with van der Waals surface area (Å²) >= 11 is 0. The Morgan fingerprint density at radius 2 is 0.589 bits per heavy atom. The number of benzene rings is 12. The second-order valence-electron chi connectivity index (χ2n) is 19.5. The minimum Gasteiger partial charge on any atom is -0.456 e. The van der Waals surface area contributed by atoms with Gasteiger partial charge in [-0.25, -0.2) is 0 Å². The summed E-state index contributed by atoms with van der Waals surface area (Å²) in [5.41, 5.74) is 19.1. The average Bonchev–Trinajstić information content (AvgIpc) is 4.18. The fraction of sp³-hybridized carbons (Fsp3) is 0.0145. The van der Waals surface area contributed by atoms with Crippen molar-refractivity contribution in [3.8, 4) is 22.3 Å². The topological polar surface area (TPSA) is 32.8 Å². The molecule has 0 fully saturated rings. The van der Waals surface area contributed by atoms with Crippen LogP contribution in [-0.2, 0) is 5.41 Å². The summed E-state index contributed by atoms with van der Waals surface area (Å²) in [6, 6.07) is 93.0. The second-order valence-corrected chi connectivity index (χ2v) is 19.5. The lowest BCUT2D eigenvalue weighted by Gasteiger charge is -2.34. The van der Waals surface area contributed by atoms with Gasteiger partial charge in [0.05, 0.1) is 16.8 Å². The summed E-state index contributed by atoms with van der Waals surface area (Å²) in [7, 11) is 0. The van der Waals surface area contributed by atoms with Crippen LogP contribution in [0.15, 0.2) is 264 Å². The standard InChI is InChI=1S/C69H42N2O2/c1-5-21-43(22-6-1)70(44-23-7-2-8-24-44)61-41-59-67(55-37-53-49-31-15-19-35-63(49)72-65(53)39-51(55)61)68-56-38-54-50-32-16-20-36-64(50)73-66(54)40-52(56)62(71(45-25-9-3-10-26-45)46-27-11-4-12-28-46)42-60(68)69(59)57-33-17-13-29-47(57)48-30-14-18-34-58(48)69/h1-42H. The summed E-state index contributed by atoms with van der Waals surface area (Å²) in [4.78, 5) is 4.88. The van der Waals surface area contributed by atoms with Crippen LogP contribution in [0.1, 0.15) is 22.3 Å². The van der Waals surface area contributed by atoms with Crippen molar-refractivity contribution >= 4 is 99.5 Å². The monoisotopic (exact) mass is 930 g/mol. The Kier molecular flexibility index (Phi) is 8.35. The Labute approximate surface area is 420 Å². The van der Waals surface area contributed by atoms with E-state index < -0.39 is 5.41 Å². The van der Waals surface area contributed by atoms with Gasteiger partial charge in [-0.2, -0.15) is 0 Å². The van der Waals surface area contributed by atoms with E-state index >= 15 is 0 Å². The number of hydrogen-bond donors (Lipinski definition) is 0. The molecule has 0 aliphatic heterocycles. The summed E-state index contributed by atoms with van der Waals surface area (Å²) < 4.78 is 13.6. The predicted octanol–water partition coefficient (Wildman–Crippen LogP) is 19.1. The molecule has 0 radical (unpaired) electrons. The third-order valence-corrected chi connectivity index (χ3v) is 15.8. The zero-order chi connectivity index (χ0) is 47.8. The van der Waals surface area contributed by atoms with Crippen molar-refractivity contribution in [2.75, 3.05) is 9.80 Å². The fourth-order valence-electron chi connectivity index (χ4n) is 12.9. The van der Waals surface area contributed by atoms with E-state index in [0.717, 1.165) is 99.5 Å². The number of anilines is 6. The van der Waals surface area contributed by atoms with Crippen LogP contribution < -0.4 is 9.80 Å². The van der Waals surface area contributed by atoms with Gasteiger partial charge in [0.2, 0.25) is 0 Å². The third-order valence-electron chi connectivity index (χ3n) is 15.8. The van der Waals surface area contributed by atoms with E-state index in [-0.39, 0.29) is 0 Å². The molecule has 73 heavy (non-hydrogen) atoms. The summed E-state index contributed by atoms with van der Waals surface area (Å²) in [6.07, 6.45) is 0. The first-order valence-electron chi connectivity index (χ1n) is 25.1. The SMILES string of the molecule is c1ccc(N(c2ccccc2)c2cc3c(c4cc5c(cc24)oc2ccccc25)-c2c(cc(N(c4ccccc4)c4ccccc4)c4cc5oc6ccccc6c5cc24)C32c3ccccc3-c3ccccc32)cc1. The van der Waals surface area contributed by atoms with E-state index in [4.69, 9.17) is 8.83 Å². The number of rotatable bonds is 6. The molecule has 14 aromatic rings. The van der Waals surface area contributed by atoms with Gasteiger partial charge in [0.25, 0.3) is 0 Å². The van der Waals surface area contributed by atoms with Crippen molar-refractivity contribution < 1.29 is 8.83 Å². The van der Waals surface area contributed by atoms with Crippen molar-refractivity contribution in [2.45, 2.75) is 5.41 Å². The Morgan fingerprint density at radius 3 is 0.986 bits per heavy atom. The summed E-state index contributed by atoms with van der Waals surface area (Å²) in [5, 5.41) is 8.90. The molecular formula is C69H42N2O2. The molecule has 12 aromatic carbocycles. The van der Waals surface area contributed by atoms with Crippen LogP contribution in [0.5, 0.6) is 0 Å². The zero-order valence-corrected chi connectivity index (χ0v) is 39.5. The van der Waals surface area contributed by atoms with E-state index in [1.54, 1.807) is 0 Å². The highest BCUT2D eigenvalue weighted by Gasteiger charge is 2.53. The van der Waals surface area contributed by atoms with E-state index in [1.807, 2.05) is 0 Å². The van der Waals surface area contributed by atoms with Gasteiger partial charge in [-0.15, -0.1) is 0 Å². The Morgan fingerprint density at radius 1 is 0.247 bits per heavy atom. The molecule has 4 heteroatoms. The lowest BCUT2D eigenvalue weighted by molar-refractivity contribution is 0.669. The van der Waals surface area contributed by atoms with Crippen LogP contribution in [0.3, 0.4) is 0 Å². The molecule has 0 bridgehead atoms. The molecule has 0 saturated carbocycles. The van der Waals surface area contributed by atoms with Crippen molar-refractivity contribution in [2.24, 2.45) is 0 Å². The summed E-state index contributed by atoms with van der Waals surface area (Å²) in [5.74, 6) is 0. The predicted molar refractivity (Wildman–Crippen MR) is 302 cm³/mol. The van der Waals surface area contributed by atoms with Crippen LogP contribution in [0.25, 0.3) is 87.7 Å². The lowest BCUT2D eigenvalue weighted by Crippen LogP contribution is -2.26. The minimum atomic E-state index is -0.747. The molecule has 0 N–H and O–H groups in total. The molecule has 0 atom stereocenters. The largest absolute Gasteiger partial charge is 0.456 e. The van der Waals surface area contributed by atoms with Gasteiger partial charge in [0, 0.05) is 55.1 Å². The van der Waals surface area contributed by atoms with E-state index in [0.29, 0.717) is 0 Å². The quantitative estimate of drug-likeness (QED) is 0.166. The van der Waals surface area contributed by atoms with Gasteiger partial charge >= 0.3 is 0 Å². The van der Waals surface area contributed by atoms with Crippen molar-refractivity contribution in [1.82, 2.24) is 0 Å². The molecule has 1 spiro atoms. The first kappa shape index (κ1) is 40.1. The number of furan rings is 2. The molecule has 16 rings (SSSR count). The van der Waals surface area contributed by atoms with Crippen LogP contribution in [0, 0.1) is 0 Å².